The smallest absolute Gasteiger partial charge is 0.128 e. The molecule has 1 atom stereocenters. The van der Waals surface area contributed by atoms with Crippen molar-refractivity contribution < 1.29 is 4.39 Å². The van der Waals surface area contributed by atoms with Crippen LogP contribution in [-0.4, -0.2) is 5.54 Å². The minimum Gasteiger partial charge on any atom is -0.305 e. The van der Waals surface area contributed by atoms with Gasteiger partial charge in [0.2, 0.25) is 0 Å². The maximum Gasteiger partial charge on any atom is 0.128 e. The van der Waals surface area contributed by atoms with E-state index in [2.05, 4.69) is 25.2 Å². The van der Waals surface area contributed by atoms with Crippen LogP contribution in [-0.2, 0) is 0 Å². The van der Waals surface area contributed by atoms with E-state index in [0.29, 0.717) is 0 Å². The molecule has 1 aromatic rings. The maximum absolute atomic E-state index is 13.2. The highest BCUT2D eigenvalue weighted by molar-refractivity contribution is 5.24. The summed E-state index contributed by atoms with van der Waals surface area (Å²) in [5.41, 5.74) is 0.925. The molecule has 1 nitrogen and oxygen atoms in total. The normalized spacial score (nSPS) is 25.3. The van der Waals surface area contributed by atoms with Crippen molar-refractivity contribution in [2.24, 2.45) is 0 Å². The first-order valence-corrected chi connectivity index (χ1v) is 4.52. The zero-order valence-corrected chi connectivity index (χ0v) is 7.89. The zero-order valence-electron chi connectivity index (χ0n) is 7.89. The Morgan fingerprint density at radius 3 is 2.85 bits per heavy atom. The summed E-state index contributed by atoms with van der Waals surface area (Å²) in [5, 5.41) is 3.32. The second-order valence-electron chi connectivity index (χ2n) is 4.23. The molecule has 1 aliphatic rings. The lowest BCUT2D eigenvalue weighted by molar-refractivity contribution is 0.173. The highest BCUT2D eigenvalue weighted by Crippen LogP contribution is 2.35. The summed E-state index contributed by atoms with van der Waals surface area (Å²) in [7, 11) is 0. The lowest BCUT2D eigenvalue weighted by Crippen LogP contribution is -2.54. The average Bonchev–Trinajstić information content (AvgIpc) is 2.01. The summed E-state index contributed by atoms with van der Waals surface area (Å²) >= 11 is 0. The quantitative estimate of drug-likeness (QED) is 0.696. The molecule has 1 saturated heterocycles. The van der Waals surface area contributed by atoms with Gasteiger partial charge in [0.15, 0.2) is 0 Å². The molecule has 1 N–H and O–H groups in total. The Kier molecular flexibility index (Phi) is 1.88. The number of benzene rings is 1. The Hall–Kier alpha value is -0.890. The van der Waals surface area contributed by atoms with E-state index < -0.39 is 0 Å². The number of nitrogens with one attached hydrogen (secondary N) is 1. The van der Waals surface area contributed by atoms with E-state index in [1.165, 1.54) is 6.07 Å². The molecule has 0 amide bonds. The van der Waals surface area contributed by atoms with Crippen LogP contribution in [0, 0.1) is 11.9 Å². The monoisotopic (exact) mass is 178 g/mol. The summed E-state index contributed by atoms with van der Waals surface area (Å²) in [4.78, 5) is 0. The summed E-state index contributed by atoms with van der Waals surface area (Å²) in [5.74, 6) is -0.157. The highest BCUT2D eigenvalue weighted by Gasteiger charge is 2.36. The van der Waals surface area contributed by atoms with Crippen LogP contribution < -0.4 is 5.32 Å². The molecule has 1 aliphatic heterocycles. The van der Waals surface area contributed by atoms with Crippen LogP contribution in [0.2, 0.25) is 0 Å². The number of hydrogen-bond donors (Lipinski definition) is 1. The van der Waals surface area contributed by atoms with E-state index >= 15 is 0 Å². The van der Waals surface area contributed by atoms with Crippen molar-refractivity contribution in [3.05, 3.63) is 35.6 Å². The molecule has 0 aromatic heterocycles. The Balaban J connectivity index is 2.16. The Labute approximate surface area is 78.0 Å². The van der Waals surface area contributed by atoms with Crippen molar-refractivity contribution in [2.75, 3.05) is 0 Å². The molecule has 1 radical (unpaired) electrons. The van der Waals surface area contributed by atoms with Crippen LogP contribution >= 0.6 is 0 Å². The van der Waals surface area contributed by atoms with E-state index in [4.69, 9.17) is 0 Å². The molecular formula is C11H13FN. The van der Waals surface area contributed by atoms with Crippen LogP contribution in [0.4, 0.5) is 4.39 Å². The van der Waals surface area contributed by atoms with Gasteiger partial charge in [-0.3, -0.25) is 0 Å². The third-order valence-electron chi connectivity index (χ3n) is 2.50. The zero-order chi connectivity index (χ0) is 9.47. The minimum absolute atomic E-state index is 0.157. The second-order valence-corrected chi connectivity index (χ2v) is 4.23. The SMILES string of the molecule is CC1(C)C[C@@H](c2cc[c]cc2F)N1. The number of rotatable bonds is 1. The molecular weight excluding hydrogens is 165 g/mol. The van der Waals surface area contributed by atoms with Gasteiger partial charge in [0.25, 0.3) is 0 Å². The summed E-state index contributed by atoms with van der Waals surface area (Å²) in [6.45, 7) is 4.24. The fourth-order valence-corrected chi connectivity index (χ4v) is 1.85. The van der Waals surface area contributed by atoms with Crippen LogP contribution in [0.5, 0.6) is 0 Å². The van der Waals surface area contributed by atoms with Crippen molar-refractivity contribution in [1.29, 1.82) is 0 Å². The Morgan fingerprint density at radius 2 is 2.31 bits per heavy atom. The van der Waals surface area contributed by atoms with Gasteiger partial charge in [-0.15, -0.1) is 0 Å². The summed E-state index contributed by atoms with van der Waals surface area (Å²) < 4.78 is 13.2. The van der Waals surface area contributed by atoms with E-state index in [0.717, 1.165) is 12.0 Å². The van der Waals surface area contributed by atoms with E-state index in [1.54, 1.807) is 12.1 Å². The van der Waals surface area contributed by atoms with Crippen LogP contribution in [0.25, 0.3) is 0 Å². The topological polar surface area (TPSA) is 12.0 Å². The molecule has 0 aliphatic carbocycles. The van der Waals surface area contributed by atoms with Gasteiger partial charge in [0, 0.05) is 17.1 Å². The Bertz CT molecular complexity index is 312. The van der Waals surface area contributed by atoms with E-state index in [-0.39, 0.29) is 17.4 Å². The first kappa shape index (κ1) is 8.70. The lowest BCUT2D eigenvalue weighted by atomic mass is 9.81. The minimum atomic E-state index is -0.157. The third-order valence-corrected chi connectivity index (χ3v) is 2.50. The van der Waals surface area contributed by atoms with Crippen molar-refractivity contribution in [2.45, 2.75) is 31.8 Å². The van der Waals surface area contributed by atoms with Crippen LogP contribution in [0.15, 0.2) is 18.2 Å². The fraction of sp³-hybridized carbons (Fsp3) is 0.455. The van der Waals surface area contributed by atoms with Gasteiger partial charge in [-0.25, -0.2) is 4.39 Å². The molecule has 0 saturated carbocycles. The van der Waals surface area contributed by atoms with Crippen molar-refractivity contribution in [3.63, 3.8) is 0 Å². The predicted molar refractivity (Wildman–Crippen MR) is 49.8 cm³/mol. The molecule has 0 bridgehead atoms. The third kappa shape index (κ3) is 1.59. The van der Waals surface area contributed by atoms with E-state index in [1.807, 2.05) is 0 Å². The van der Waals surface area contributed by atoms with Gasteiger partial charge < -0.3 is 5.32 Å². The van der Waals surface area contributed by atoms with Gasteiger partial charge in [0.05, 0.1) is 0 Å². The molecule has 0 unspecified atom stereocenters. The van der Waals surface area contributed by atoms with Gasteiger partial charge in [0.1, 0.15) is 5.82 Å². The molecule has 1 aromatic carbocycles. The van der Waals surface area contributed by atoms with Gasteiger partial charge in [-0.05, 0) is 32.4 Å². The van der Waals surface area contributed by atoms with E-state index in [9.17, 15) is 4.39 Å². The first-order valence-electron chi connectivity index (χ1n) is 4.52. The number of halogens is 1. The Morgan fingerprint density at radius 1 is 1.62 bits per heavy atom. The number of hydrogen-bond acceptors (Lipinski definition) is 1. The maximum atomic E-state index is 13.2. The molecule has 1 fully saturated rings. The van der Waals surface area contributed by atoms with Crippen LogP contribution in [0.3, 0.4) is 0 Å². The largest absolute Gasteiger partial charge is 0.305 e. The van der Waals surface area contributed by atoms with Crippen LogP contribution in [0.1, 0.15) is 31.9 Å². The summed E-state index contributed by atoms with van der Waals surface area (Å²) in [6.07, 6.45) is 0.994. The highest BCUT2D eigenvalue weighted by atomic mass is 19.1. The standard InChI is InChI=1S/C11H13FN/c1-11(2)7-10(13-11)8-5-3-4-6-9(8)12/h3,5-6,10,13H,7H2,1-2H3/t10-/m0/s1. The molecule has 69 valence electrons. The lowest BCUT2D eigenvalue weighted by Gasteiger charge is -2.44. The molecule has 2 rings (SSSR count). The molecule has 13 heavy (non-hydrogen) atoms. The molecule has 0 spiro atoms. The van der Waals surface area contributed by atoms with Crippen molar-refractivity contribution >= 4 is 0 Å². The van der Waals surface area contributed by atoms with Gasteiger partial charge in [-0.2, -0.15) is 0 Å². The predicted octanol–water partition coefficient (Wildman–Crippen LogP) is 2.44. The molecule has 2 heteroatoms. The summed E-state index contributed by atoms with van der Waals surface area (Å²) in [6, 6.07) is 7.85. The average molecular weight is 178 g/mol. The van der Waals surface area contributed by atoms with Crippen molar-refractivity contribution in [1.82, 2.24) is 5.32 Å². The fourth-order valence-electron chi connectivity index (χ4n) is 1.85. The molecule has 1 heterocycles. The van der Waals surface area contributed by atoms with Gasteiger partial charge in [-0.1, -0.05) is 12.1 Å². The van der Waals surface area contributed by atoms with Gasteiger partial charge >= 0.3 is 0 Å². The first-order chi connectivity index (χ1) is 6.08. The second kappa shape index (κ2) is 2.81. The van der Waals surface area contributed by atoms with Crippen molar-refractivity contribution in [3.8, 4) is 0 Å².